The number of aliphatic hydroxyl groups is 5. The summed E-state index contributed by atoms with van der Waals surface area (Å²) in [5.74, 6) is -0.178. The summed E-state index contributed by atoms with van der Waals surface area (Å²) in [5.41, 5.74) is 0. The average Bonchev–Trinajstić information content (AvgIpc) is 3.16. The van der Waals surface area contributed by atoms with Gasteiger partial charge in [0.05, 0.1) is 25.4 Å². The third kappa shape index (κ3) is 25.4. The van der Waals surface area contributed by atoms with E-state index < -0.39 is 49.5 Å². The van der Waals surface area contributed by atoms with Crippen molar-refractivity contribution in [3.05, 3.63) is 72.9 Å². The van der Waals surface area contributed by atoms with Gasteiger partial charge in [0.25, 0.3) is 0 Å². The van der Waals surface area contributed by atoms with Gasteiger partial charge in [-0.1, -0.05) is 145 Å². The number of carbonyl (C=O) groups excluding carboxylic acids is 1. The number of amides is 1. The molecule has 0 saturated carbocycles. The van der Waals surface area contributed by atoms with Crippen LogP contribution in [0.5, 0.6) is 0 Å². The Morgan fingerprint density at radius 1 is 0.660 bits per heavy atom. The number of unbranched alkanes of at least 4 members (excludes halogenated alkanes) is 10. The standard InChI is InChI=1S/C44H75NO8/c1-3-5-7-9-11-12-13-14-15-16-17-18-19-20-21-22-23-24-25-26-28-30-32-34-40(48)45-37(38(47)33-31-29-27-10-8-6-4-2)36-52-44-43(51)42(50)41(49)39(35-46)53-44/h5,7,11-12,14-15,17-18,20-21,23-24,37-39,41-44,46-47,49-51H,3-4,6,8-10,13,16,19,22,25-36H2,1-2H3,(H,45,48)/b7-5-,12-11-,15-14-,18-17-,21-20-,24-23-. The molecule has 0 aromatic rings. The zero-order chi connectivity index (χ0) is 38.8. The van der Waals surface area contributed by atoms with Gasteiger partial charge in [0.15, 0.2) is 6.29 Å². The first kappa shape index (κ1) is 48.6. The van der Waals surface area contributed by atoms with Gasteiger partial charge in [0.2, 0.25) is 5.91 Å². The van der Waals surface area contributed by atoms with Gasteiger partial charge < -0.3 is 40.3 Å². The van der Waals surface area contributed by atoms with Crippen molar-refractivity contribution in [1.82, 2.24) is 5.32 Å². The van der Waals surface area contributed by atoms with E-state index in [4.69, 9.17) is 9.47 Å². The molecule has 1 fully saturated rings. The van der Waals surface area contributed by atoms with E-state index in [0.29, 0.717) is 12.8 Å². The lowest BCUT2D eigenvalue weighted by Crippen LogP contribution is -2.60. The van der Waals surface area contributed by atoms with Crippen LogP contribution in [-0.2, 0) is 14.3 Å². The number of nitrogens with one attached hydrogen (secondary N) is 1. The summed E-state index contributed by atoms with van der Waals surface area (Å²) in [5, 5.41) is 53.9. The SMILES string of the molecule is CC/C=C\C/C=C\C/C=C\C/C=C\C/C=C\C/C=C\CCCCCCC(=O)NC(COC1OC(CO)C(O)C(O)C1O)C(O)CCCCCCCCC. The molecule has 1 saturated heterocycles. The predicted molar refractivity (Wildman–Crippen MR) is 216 cm³/mol. The van der Waals surface area contributed by atoms with Gasteiger partial charge in [-0.05, 0) is 64.2 Å². The molecular formula is C44H75NO8. The summed E-state index contributed by atoms with van der Waals surface area (Å²) in [7, 11) is 0. The lowest BCUT2D eigenvalue weighted by Gasteiger charge is -2.40. The van der Waals surface area contributed by atoms with Crippen molar-refractivity contribution in [2.45, 2.75) is 185 Å². The molecule has 6 N–H and O–H groups in total. The molecular weight excluding hydrogens is 670 g/mol. The highest BCUT2D eigenvalue weighted by Crippen LogP contribution is 2.23. The van der Waals surface area contributed by atoms with Crippen LogP contribution in [0.2, 0.25) is 0 Å². The molecule has 0 spiro atoms. The minimum absolute atomic E-state index is 0.155. The number of carbonyl (C=O) groups is 1. The fourth-order valence-electron chi connectivity index (χ4n) is 5.98. The van der Waals surface area contributed by atoms with Crippen molar-refractivity contribution >= 4 is 5.91 Å². The second-order valence-corrected chi connectivity index (χ2v) is 14.1. The Kier molecular flexibility index (Phi) is 31.3. The summed E-state index contributed by atoms with van der Waals surface area (Å²) >= 11 is 0. The number of aliphatic hydroxyl groups excluding tert-OH is 5. The average molecular weight is 746 g/mol. The number of hydrogen-bond donors (Lipinski definition) is 6. The van der Waals surface area contributed by atoms with E-state index in [1.54, 1.807) is 0 Å². The monoisotopic (exact) mass is 746 g/mol. The first-order chi connectivity index (χ1) is 25.8. The van der Waals surface area contributed by atoms with Crippen LogP contribution in [0.4, 0.5) is 0 Å². The summed E-state index contributed by atoms with van der Waals surface area (Å²) in [4.78, 5) is 12.9. The fourth-order valence-corrected chi connectivity index (χ4v) is 5.98. The molecule has 0 bridgehead atoms. The van der Waals surface area contributed by atoms with Crippen LogP contribution < -0.4 is 5.32 Å². The maximum atomic E-state index is 12.9. The summed E-state index contributed by atoms with van der Waals surface area (Å²) < 4.78 is 11.2. The molecule has 1 aliphatic rings. The molecule has 7 atom stereocenters. The Labute approximate surface area is 321 Å². The van der Waals surface area contributed by atoms with Crippen LogP contribution >= 0.6 is 0 Å². The number of allylic oxidation sites excluding steroid dienone is 12. The van der Waals surface area contributed by atoms with Crippen LogP contribution in [0.1, 0.15) is 142 Å². The van der Waals surface area contributed by atoms with Crippen LogP contribution in [0.3, 0.4) is 0 Å². The first-order valence-electron chi connectivity index (χ1n) is 20.6. The largest absolute Gasteiger partial charge is 0.394 e. The van der Waals surface area contributed by atoms with Gasteiger partial charge in [-0.3, -0.25) is 4.79 Å². The number of hydrogen-bond acceptors (Lipinski definition) is 8. The zero-order valence-corrected chi connectivity index (χ0v) is 33.0. The van der Waals surface area contributed by atoms with E-state index in [1.165, 1.54) is 25.7 Å². The second kappa shape index (κ2) is 34.1. The van der Waals surface area contributed by atoms with E-state index in [1.807, 2.05) is 0 Å². The highest BCUT2D eigenvalue weighted by molar-refractivity contribution is 5.76. The highest BCUT2D eigenvalue weighted by atomic mass is 16.7. The van der Waals surface area contributed by atoms with Gasteiger partial charge in [-0.2, -0.15) is 0 Å². The minimum Gasteiger partial charge on any atom is -0.394 e. The van der Waals surface area contributed by atoms with Gasteiger partial charge in [0, 0.05) is 6.42 Å². The van der Waals surface area contributed by atoms with Crippen LogP contribution in [0, 0.1) is 0 Å². The third-order valence-corrected chi connectivity index (χ3v) is 9.32. The second-order valence-electron chi connectivity index (χ2n) is 14.1. The zero-order valence-electron chi connectivity index (χ0n) is 33.0. The van der Waals surface area contributed by atoms with Crippen LogP contribution in [0.25, 0.3) is 0 Å². The molecule has 53 heavy (non-hydrogen) atoms. The normalized spacial score (nSPS) is 22.4. The molecule has 0 radical (unpaired) electrons. The van der Waals surface area contributed by atoms with Crippen molar-refractivity contribution in [1.29, 1.82) is 0 Å². The highest BCUT2D eigenvalue weighted by Gasteiger charge is 2.44. The maximum absolute atomic E-state index is 12.9. The Bertz CT molecular complexity index is 1050. The quantitative estimate of drug-likeness (QED) is 0.0302. The summed E-state index contributed by atoms with van der Waals surface area (Å²) in [6, 6.07) is -0.733. The molecule has 1 amide bonds. The van der Waals surface area contributed by atoms with Crippen molar-refractivity contribution in [2.24, 2.45) is 0 Å². The predicted octanol–water partition coefficient (Wildman–Crippen LogP) is 7.83. The van der Waals surface area contributed by atoms with Gasteiger partial charge in [0.1, 0.15) is 24.4 Å². The smallest absolute Gasteiger partial charge is 0.220 e. The molecule has 9 heteroatoms. The minimum atomic E-state index is -1.56. The molecule has 9 nitrogen and oxygen atoms in total. The lowest BCUT2D eigenvalue weighted by molar-refractivity contribution is -0.302. The van der Waals surface area contributed by atoms with Crippen molar-refractivity contribution in [3.63, 3.8) is 0 Å². The van der Waals surface area contributed by atoms with Crippen LogP contribution in [-0.4, -0.2) is 87.5 Å². The van der Waals surface area contributed by atoms with Crippen LogP contribution in [0.15, 0.2) is 72.9 Å². The first-order valence-corrected chi connectivity index (χ1v) is 20.6. The summed E-state index contributed by atoms with van der Waals surface area (Å²) in [6.45, 7) is 3.62. The maximum Gasteiger partial charge on any atom is 0.220 e. The molecule has 304 valence electrons. The van der Waals surface area contributed by atoms with Gasteiger partial charge in [-0.25, -0.2) is 0 Å². The molecule has 1 heterocycles. The Morgan fingerprint density at radius 3 is 1.74 bits per heavy atom. The molecule has 0 aliphatic carbocycles. The molecule has 1 rings (SSSR count). The van der Waals surface area contributed by atoms with Gasteiger partial charge in [-0.15, -0.1) is 0 Å². The van der Waals surface area contributed by atoms with Crippen molar-refractivity contribution in [2.75, 3.05) is 13.2 Å². The Hall–Kier alpha value is -2.37. The summed E-state index contributed by atoms with van der Waals surface area (Å²) in [6.07, 6.45) is 37.9. The Morgan fingerprint density at radius 2 is 1.17 bits per heavy atom. The molecule has 0 aromatic carbocycles. The van der Waals surface area contributed by atoms with Gasteiger partial charge >= 0.3 is 0 Å². The topological polar surface area (TPSA) is 149 Å². The van der Waals surface area contributed by atoms with E-state index >= 15 is 0 Å². The number of rotatable bonds is 32. The lowest BCUT2D eigenvalue weighted by atomic mass is 9.99. The number of ether oxygens (including phenoxy) is 2. The fraction of sp³-hybridized carbons (Fsp3) is 0.705. The third-order valence-electron chi connectivity index (χ3n) is 9.32. The van der Waals surface area contributed by atoms with E-state index in [9.17, 15) is 30.3 Å². The van der Waals surface area contributed by atoms with Crippen molar-refractivity contribution < 1.29 is 39.8 Å². The van der Waals surface area contributed by atoms with Crippen molar-refractivity contribution in [3.8, 4) is 0 Å². The molecule has 1 aliphatic heterocycles. The van der Waals surface area contributed by atoms with E-state index in [2.05, 4.69) is 92.1 Å². The molecule has 7 unspecified atom stereocenters. The molecule has 0 aromatic heterocycles. The van der Waals surface area contributed by atoms with E-state index in [-0.39, 0.29) is 12.5 Å². The Balaban J connectivity index is 2.31. The van der Waals surface area contributed by atoms with E-state index in [0.717, 1.165) is 89.9 Å².